The number of thioether (sulfide) groups is 1. The van der Waals surface area contributed by atoms with Crippen LogP contribution < -0.4 is 5.32 Å². The Morgan fingerprint density at radius 2 is 1.95 bits per heavy atom. The van der Waals surface area contributed by atoms with Crippen molar-refractivity contribution < 1.29 is 4.79 Å². The molecule has 0 aromatic heterocycles. The molecule has 3 nitrogen and oxygen atoms in total. The van der Waals surface area contributed by atoms with Crippen molar-refractivity contribution in [1.29, 1.82) is 0 Å². The monoisotopic (exact) mass is 296 g/mol. The number of hydrogen-bond donors (Lipinski definition) is 1. The average Bonchev–Trinajstić information content (AvgIpc) is 3.30. The molecule has 1 saturated carbocycles. The molecule has 1 aliphatic carbocycles. The van der Waals surface area contributed by atoms with Gasteiger partial charge >= 0.3 is 0 Å². The topological polar surface area (TPSA) is 32.3 Å². The molecule has 1 atom stereocenters. The maximum absolute atomic E-state index is 11.8. The molecule has 0 aromatic rings. The molecule has 3 fully saturated rings. The summed E-state index contributed by atoms with van der Waals surface area (Å²) in [5.74, 6) is 3.73. The number of carbonyl (C=O) groups is 1. The fourth-order valence-electron chi connectivity index (χ4n) is 3.58. The third-order valence-electron chi connectivity index (χ3n) is 4.98. The second kappa shape index (κ2) is 7.17. The summed E-state index contributed by atoms with van der Waals surface area (Å²) >= 11 is 2.11. The second-order valence-corrected chi connectivity index (χ2v) is 7.95. The molecule has 2 saturated heterocycles. The van der Waals surface area contributed by atoms with Gasteiger partial charge in [-0.25, -0.2) is 0 Å². The van der Waals surface area contributed by atoms with Crippen LogP contribution >= 0.6 is 11.8 Å². The lowest BCUT2D eigenvalue weighted by molar-refractivity contribution is -0.121. The van der Waals surface area contributed by atoms with Crippen molar-refractivity contribution in [3.63, 3.8) is 0 Å². The first-order valence-electron chi connectivity index (χ1n) is 8.42. The summed E-state index contributed by atoms with van der Waals surface area (Å²) in [6.45, 7) is 2.53. The van der Waals surface area contributed by atoms with Gasteiger partial charge in [0.1, 0.15) is 0 Å². The van der Waals surface area contributed by atoms with E-state index in [0.717, 1.165) is 24.8 Å². The van der Waals surface area contributed by atoms with Crippen molar-refractivity contribution in [2.75, 3.05) is 24.6 Å². The Kier molecular flexibility index (Phi) is 5.27. The summed E-state index contributed by atoms with van der Waals surface area (Å²) in [5.41, 5.74) is 0. The lowest BCUT2D eigenvalue weighted by Gasteiger charge is -2.40. The van der Waals surface area contributed by atoms with Gasteiger partial charge in [-0.2, -0.15) is 11.8 Å². The standard InChI is InChI=1S/C16H28N2OS/c19-16(17-14-4-5-14)6-3-13-2-1-9-18(12-13)15-7-10-20-11-8-15/h13-15H,1-12H2,(H,17,19). The van der Waals surface area contributed by atoms with Crippen molar-refractivity contribution in [2.24, 2.45) is 5.92 Å². The lowest BCUT2D eigenvalue weighted by atomic mass is 9.91. The number of carbonyl (C=O) groups excluding carboxylic acids is 1. The van der Waals surface area contributed by atoms with Gasteiger partial charge in [0, 0.05) is 25.0 Å². The summed E-state index contributed by atoms with van der Waals surface area (Å²) in [6.07, 6.45) is 9.64. The normalized spacial score (nSPS) is 29.3. The highest BCUT2D eigenvalue weighted by Gasteiger charge is 2.28. The van der Waals surface area contributed by atoms with Crippen molar-refractivity contribution in [2.45, 2.75) is 63.5 Å². The van der Waals surface area contributed by atoms with Crippen LogP contribution in [-0.4, -0.2) is 47.5 Å². The number of nitrogens with one attached hydrogen (secondary N) is 1. The molecule has 1 amide bonds. The van der Waals surface area contributed by atoms with Crippen LogP contribution in [0.15, 0.2) is 0 Å². The summed E-state index contributed by atoms with van der Waals surface area (Å²) < 4.78 is 0. The van der Waals surface area contributed by atoms with E-state index >= 15 is 0 Å². The van der Waals surface area contributed by atoms with Crippen LogP contribution in [0.3, 0.4) is 0 Å². The molecule has 20 heavy (non-hydrogen) atoms. The summed E-state index contributed by atoms with van der Waals surface area (Å²) in [5, 5.41) is 3.11. The minimum absolute atomic E-state index is 0.290. The second-order valence-electron chi connectivity index (χ2n) is 6.73. The Bertz CT molecular complexity index is 326. The van der Waals surface area contributed by atoms with Gasteiger partial charge in [0.25, 0.3) is 0 Å². The van der Waals surface area contributed by atoms with Crippen molar-refractivity contribution in [3.05, 3.63) is 0 Å². The van der Waals surface area contributed by atoms with Crippen molar-refractivity contribution in [1.82, 2.24) is 10.2 Å². The van der Waals surface area contributed by atoms with Gasteiger partial charge in [0.15, 0.2) is 0 Å². The summed E-state index contributed by atoms with van der Waals surface area (Å²) in [7, 11) is 0. The van der Waals surface area contributed by atoms with E-state index in [1.54, 1.807) is 0 Å². The zero-order valence-electron chi connectivity index (χ0n) is 12.5. The first-order chi connectivity index (χ1) is 9.81. The SMILES string of the molecule is O=C(CCC1CCCN(C2CCSCC2)C1)NC1CC1. The quantitative estimate of drug-likeness (QED) is 0.846. The maximum Gasteiger partial charge on any atom is 0.220 e. The Labute approximate surface area is 127 Å². The molecule has 3 rings (SSSR count). The molecule has 4 heteroatoms. The largest absolute Gasteiger partial charge is 0.353 e. The van der Waals surface area contributed by atoms with E-state index in [2.05, 4.69) is 22.0 Å². The molecule has 1 unspecified atom stereocenters. The van der Waals surface area contributed by atoms with Gasteiger partial charge in [-0.15, -0.1) is 0 Å². The molecular weight excluding hydrogens is 268 g/mol. The average molecular weight is 296 g/mol. The highest BCUT2D eigenvalue weighted by Crippen LogP contribution is 2.28. The number of amides is 1. The van der Waals surface area contributed by atoms with Crippen molar-refractivity contribution >= 4 is 17.7 Å². The van der Waals surface area contributed by atoms with Gasteiger partial charge in [-0.3, -0.25) is 4.79 Å². The zero-order chi connectivity index (χ0) is 13.8. The fourth-order valence-corrected chi connectivity index (χ4v) is 4.66. The molecule has 2 aliphatic heterocycles. The Balaban J connectivity index is 1.39. The van der Waals surface area contributed by atoms with E-state index in [1.807, 2.05) is 0 Å². The summed E-state index contributed by atoms with van der Waals surface area (Å²) in [4.78, 5) is 14.5. The molecule has 0 bridgehead atoms. The van der Waals surface area contributed by atoms with Gasteiger partial charge in [0.2, 0.25) is 5.91 Å². The van der Waals surface area contributed by atoms with Crippen LogP contribution in [0.5, 0.6) is 0 Å². The molecule has 2 heterocycles. The smallest absolute Gasteiger partial charge is 0.220 e. The Hall–Kier alpha value is -0.220. The first-order valence-corrected chi connectivity index (χ1v) is 9.58. The van der Waals surface area contributed by atoms with E-state index in [0.29, 0.717) is 11.9 Å². The molecule has 0 aromatic carbocycles. The van der Waals surface area contributed by atoms with E-state index < -0.39 is 0 Å². The third kappa shape index (κ3) is 4.39. The predicted octanol–water partition coefficient (Wildman–Crippen LogP) is 2.65. The fraction of sp³-hybridized carbons (Fsp3) is 0.938. The minimum atomic E-state index is 0.290. The third-order valence-corrected chi connectivity index (χ3v) is 6.03. The van der Waals surface area contributed by atoms with Crippen molar-refractivity contribution in [3.8, 4) is 0 Å². The molecule has 0 radical (unpaired) electrons. The van der Waals surface area contributed by atoms with Crippen LogP contribution in [0.2, 0.25) is 0 Å². The number of piperidine rings is 1. The van der Waals surface area contributed by atoms with E-state index in [9.17, 15) is 4.79 Å². The molecule has 114 valence electrons. The zero-order valence-corrected chi connectivity index (χ0v) is 13.3. The Morgan fingerprint density at radius 3 is 2.70 bits per heavy atom. The number of hydrogen-bond acceptors (Lipinski definition) is 3. The summed E-state index contributed by atoms with van der Waals surface area (Å²) in [6, 6.07) is 1.35. The number of rotatable bonds is 5. The van der Waals surface area contributed by atoms with Gasteiger partial charge < -0.3 is 10.2 Å². The van der Waals surface area contributed by atoms with E-state index in [-0.39, 0.29) is 0 Å². The van der Waals surface area contributed by atoms with E-state index in [1.165, 1.54) is 63.1 Å². The molecule has 0 spiro atoms. The van der Waals surface area contributed by atoms with E-state index in [4.69, 9.17) is 0 Å². The van der Waals surface area contributed by atoms with Gasteiger partial charge in [-0.05, 0) is 68.9 Å². The number of nitrogens with zero attached hydrogens (tertiary/aromatic N) is 1. The lowest BCUT2D eigenvalue weighted by Crippen LogP contribution is -2.44. The van der Waals surface area contributed by atoms with Crippen LogP contribution in [0, 0.1) is 5.92 Å². The van der Waals surface area contributed by atoms with Crippen LogP contribution in [0.4, 0.5) is 0 Å². The Morgan fingerprint density at radius 1 is 1.15 bits per heavy atom. The van der Waals surface area contributed by atoms with Crippen LogP contribution in [0.25, 0.3) is 0 Å². The highest BCUT2D eigenvalue weighted by atomic mass is 32.2. The predicted molar refractivity (Wildman–Crippen MR) is 85.0 cm³/mol. The van der Waals surface area contributed by atoms with Crippen LogP contribution in [0.1, 0.15) is 51.4 Å². The molecule has 3 aliphatic rings. The van der Waals surface area contributed by atoms with Crippen LogP contribution in [-0.2, 0) is 4.79 Å². The number of likely N-dealkylation sites (tertiary alicyclic amines) is 1. The minimum Gasteiger partial charge on any atom is -0.353 e. The first kappa shape index (κ1) is 14.7. The van der Waals surface area contributed by atoms with Gasteiger partial charge in [-0.1, -0.05) is 0 Å². The highest BCUT2D eigenvalue weighted by molar-refractivity contribution is 7.99. The molecule has 1 N–H and O–H groups in total. The van der Waals surface area contributed by atoms with Gasteiger partial charge in [0.05, 0.1) is 0 Å². The molecular formula is C16H28N2OS. The maximum atomic E-state index is 11.8.